The van der Waals surface area contributed by atoms with Gasteiger partial charge in [0.15, 0.2) is 0 Å². The van der Waals surface area contributed by atoms with Gasteiger partial charge in [-0.05, 0) is 23.8 Å². The molecule has 3 N–H and O–H groups in total. The molecule has 6 nitrogen and oxygen atoms in total. The average molecular weight is 424 g/mol. The van der Waals surface area contributed by atoms with E-state index in [1.807, 2.05) is 6.07 Å². The number of thioether (sulfide) groups is 1. The van der Waals surface area contributed by atoms with Crippen molar-refractivity contribution in [2.75, 3.05) is 5.73 Å². The molecular weight excluding hydrogens is 410 g/mol. The van der Waals surface area contributed by atoms with Gasteiger partial charge in [-0.3, -0.25) is 0 Å². The van der Waals surface area contributed by atoms with Crippen LogP contribution < -0.4 is 10.5 Å². The van der Waals surface area contributed by atoms with Crippen LogP contribution in [0.4, 0.5) is 14.6 Å². The summed E-state index contributed by atoms with van der Waals surface area (Å²) in [7, 11) is 0. The van der Waals surface area contributed by atoms with E-state index >= 15 is 0 Å². The van der Waals surface area contributed by atoms with Crippen molar-refractivity contribution in [1.29, 1.82) is 10.5 Å². The van der Waals surface area contributed by atoms with E-state index in [4.69, 9.17) is 5.73 Å². The Morgan fingerprint density at radius 2 is 1.73 bits per heavy atom. The van der Waals surface area contributed by atoms with E-state index in [2.05, 4.69) is 15.8 Å². The molecule has 0 atom stereocenters. The fourth-order valence-electron chi connectivity index (χ4n) is 2.80. The van der Waals surface area contributed by atoms with Gasteiger partial charge < -0.3 is 15.6 Å². The SMILES string of the molecule is N#Cc1c(N)nc(SCc2ccccc2OC(F)F)c(C#N)c1-c1ccc(O)cc1. The topological polar surface area (TPSA) is 116 Å². The molecule has 3 rings (SSSR count). The quantitative estimate of drug-likeness (QED) is 0.552. The maximum Gasteiger partial charge on any atom is 0.387 e. The van der Waals surface area contributed by atoms with Crippen LogP contribution in [0.2, 0.25) is 0 Å². The van der Waals surface area contributed by atoms with Crippen LogP contribution in [0.5, 0.6) is 11.5 Å². The number of phenolic OH excluding ortho intramolecular Hbond substituents is 1. The van der Waals surface area contributed by atoms with Crippen LogP contribution in [0.3, 0.4) is 0 Å². The van der Waals surface area contributed by atoms with Crippen molar-refractivity contribution < 1.29 is 18.6 Å². The first-order valence-corrected chi connectivity index (χ1v) is 9.51. The predicted molar refractivity (Wildman–Crippen MR) is 108 cm³/mol. The maximum absolute atomic E-state index is 12.6. The summed E-state index contributed by atoms with van der Waals surface area (Å²) < 4.78 is 29.8. The molecule has 0 fully saturated rings. The number of nitrogen functional groups attached to an aromatic ring is 1. The van der Waals surface area contributed by atoms with E-state index in [9.17, 15) is 24.4 Å². The first-order valence-electron chi connectivity index (χ1n) is 8.53. The van der Waals surface area contributed by atoms with Gasteiger partial charge in [-0.25, -0.2) is 4.98 Å². The van der Waals surface area contributed by atoms with Gasteiger partial charge in [0.1, 0.15) is 40.0 Å². The van der Waals surface area contributed by atoms with Crippen LogP contribution >= 0.6 is 11.8 Å². The number of alkyl halides is 2. The molecule has 0 unspecified atom stereocenters. The van der Waals surface area contributed by atoms with Gasteiger partial charge in [0.25, 0.3) is 0 Å². The lowest BCUT2D eigenvalue weighted by atomic mass is 9.97. The second-order valence-electron chi connectivity index (χ2n) is 5.97. The standard InChI is InChI=1S/C21H14F2N4O2S/c22-21(23)29-17-4-2-1-3-13(17)11-30-20-16(10-25)18(15(9-24)19(26)27-20)12-5-7-14(28)8-6-12/h1-8,21,28H,11H2,(H2,26,27). The van der Waals surface area contributed by atoms with Crippen molar-refractivity contribution in [2.45, 2.75) is 17.4 Å². The lowest BCUT2D eigenvalue weighted by molar-refractivity contribution is -0.0503. The Morgan fingerprint density at radius 3 is 2.37 bits per heavy atom. The van der Waals surface area contributed by atoms with E-state index in [1.165, 1.54) is 18.2 Å². The number of halogens is 2. The molecule has 0 saturated carbocycles. The number of pyridine rings is 1. The zero-order valence-electron chi connectivity index (χ0n) is 15.3. The highest BCUT2D eigenvalue weighted by atomic mass is 32.2. The van der Waals surface area contributed by atoms with E-state index in [0.717, 1.165) is 11.8 Å². The summed E-state index contributed by atoms with van der Waals surface area (Å²) in [4.78, 5) is 4.18. The number of para-hydroxylation sites is 1. The molecule has 9 heteroatoms. The van der Waals surface area contributed by atoms with E-state index in [0.29, 0.717) is 16.7 Å². The second kappa shape index (κ2) is 9.12. The number of phenols is 1. The largest absolute Gasteiger partial charge is 0.508 e. The van der Waals surface area contributed by atoms with Crippen molar-refractivity contribution in [3.8, 4) is 34.8 Å². The molecule has 1 aromatic heterocycles. The third kappa shape index (κ3) is 4.43. The number of aromatic hydroxyl groups is 1. The molecule has 0 aliphatic heterocycles. The molecule has 3 aromatic rings. The number of hydrogen-bond donors (Lipinski definition) is 2. The first-order chi connectivity index (χ1) is 14.4. The maximum atomic E-state index is 12.6. The number of hydrogen-bond acceptors (Lipinski definition) is 7. The molecule has 0 radical (unpaired) electrons. The van der Waals surface area contributed by atoms with Crippen molar-refractivity contribution in [3.63, 3.8) is 0 Å². The third-order valence-corrected chi connectivity index (χ3v) is 5.15. The molecule has 0 aliphatic carbocycles. The Balaban J connectivity index is 2.04. The van der Waals surface area contributed by atoms with Gasteiger partial charge in [0.05, 0.1) is 5.56 Å². The molecule has 0 bridgehead atoms. The summed E-state index contributed by atoms with van der Waals surface area (Å²) in [5.74, 6) is 0.186. The fraction of sp³-hybridized carbons (Fsp3) is 0.0952. The minimum Gasteiger partial charge on any atom is -0.508 e. The number of nitrogens with zero attached hydrogens (tertiary/aromatic N) is 3. The highest BCUT2D eigenvalue weighted by Gasteiger charge is 2.21. The van der Waals surface area contributed by atoms with Gasteiger partial charge >= 0.3 is 6.61 Å². The molecule has 30 heavy (non-hydrogen) atoms. The van der Waals surface area contributed by atoms with Crippen LogP contribution in [-0.4, -0.2) is 16.7 Å². The third-order valence-electron chi connectivity index (χ3n) is 4.12. The Labute approximate surface area is 175 Å². The monoisotopic (exact) mass is 424 g/mol. The van der Waals surface area contributed by atoms with Crippen LogP contribution in [0, 0.1) is 22.7 Å². The van der Waals surface area contributed by atoms with Crippen molar-refractivity contribution >= 4 is 17.6 Å². The summed E-state index contributed by atoms with van der Waals surface area (Å²) in [5, 5.41) is 29.1. The summed E-state index contributed by atoms with van der Waals surface area (Å²) in [5.41, 5.74) is 7.43. The number of aromatic nitrogens is 1. The van der Waals surface area contributed by atoms with Crippen LogP contribution in [0.25, 0.3) is 11.1 Å². The second-order valence-corrected chi connectivity index (χ2v) is 6.94. The molecule has 150 valence electrons. The van der Waals surface area contributed by atoms with E-state index in [1.54, 1.807) is 30.3 Å². The normalized spacial score (nSPS) is 10.4. The number of rotatable bonds is 6. The number of ether oxygens (including phenoxy) is 1. The molecule has 0 saturated heterocycles. The molecule has 0 aliphatic rings. The molecule has 0 spiro atoms. The van der Waals surface area contributed by atoms with Gasteiger partial charge in [-0.15, -0.1) is 11.8 Å². The Bertz CT molecular complexity index is 1160. The van der Waals surface area contributed by atoms with Crippen molar-refractivity contribution in [3.05, 3.63) is 65.2 Å². The minimum atomic E-state index is -2.96. The molecule has 0 amide bonds. The van der Waals surface area contributed by atoms with E-state index in [-0.39, 0.29) is 39.2 Å². The summed E-state index contributed by atoms with van der Waals surface area (Å²) in [6.45, 7) is -2.96. The smallest absolute Gasteiger partial charge is 0.387 e. The number of benzene rings is 2. The number of nitrogens with two attached hydrogens (primary N) is 1. The zero-order chi connectivity index (χ0) is 21.7. The predicted octanol–water partition coefficient (Wildman–Crippen LogP) is 4.67. The van der Waals surface area contributed by atoms with Crippen molar-refractivity contribution in [2.24, 2.45) is 0 Å². The van der Waals surface area contributed by atoms with Gasteiger partial charge in [-0.2, -0.15) is 19.3 Å². The fourth-order valence-corrected chi connectivity index (χ4v) is 3.79. The highest BCUT2D eigenvalue weighted by molar-refractivity contribution is 7.98. The Hall–Kier alpha value is -3.82. The van der Waals surface area contributed by atoms with Crippen LogP contribution in [0.15, 0.2) is 53.6 Å². The molecule has 1 heterocycles. The van der Waals surface area contributed by atoms with Gasteiger partial charge in [-0.1, -0.05) is 30.3 Å². The van der Waals surface area contributed by atoms with E-state index < -0.39 is 6.61 Å². The summed E-state index contributed by atoms with van der Waals surface area (Å²) >= 11 is 1.11. The highest BCUT2D eigenvalue weighted by Crippen LogP contribution is 2.38. The molecule has 2 aromatic carbocycles. The first kappa shape index (κ1) is 20.9. The lowest BCUT2D eigenvalue weighted by Crippen LogP contribution is -2.05. The van der Waals surface area contributed by atoms with Crippen LogP contribution in [0.1, 0.15) is 16.7 Å². The number of anilines is 1. The molecular formula is C21H14F2N4O2S. The van der Waals surface area contributed by atoms with Crippen molar-refractivity contribution in [1.82, 2.24) is 4.98 Å². The summed E-state index contributed by atoms with van der Waals surface area (Å²) in [6, 6.07) is 16.3. The lowest BCUT2D eigenvalue weighted by Gasteiger charge is -2.14. The Morgan fingerprint density at radius 1 is 1.07 bits per heavy atom. The minimum absolute atomic E-state index is 0.0267. The van der Waals surface area contributed by atoms with Gasteiger partial charge in [0.2, 0.25) is 0 Å². The van der Waals surface area contributed by atoms with Crippen LogP contribution in [-0.2, 0) is 5.75 Å². The average Bonchev–Trinajstić information content (AvgIpc) is 2.73. The summed E-state index contributed by atoms with van der Waals surface area (Å²) in [6.07, 6.45) is 0. The zero-order valence-corrected chi connectivity index (χ0v) is 16.2. The van der Waals surface area contributed by atoms with Gasteiger partial charge in [0, 0.05) is 16.9 Å². The Kier molecular flexibility index (Phi) is 6.35. The number of nitriles is 2.